The van der Waals surface area contributed by atoms with Gasteiger partial charge in [0.15, 0.2) is 6.61 Å². The monoisotopic (exact) mass is 464 g/mol. The van der Waals surface area contributed by atoms with Crippen LogP contribution in [0.15, 0.2) is 48.5 Å². The second-order valence-corrected chi connectivity index (χ2v) is 9.16. The van der Waals surface area contributed by atoms with Gasteiger partial charge >= 0.3 is 0 Å². The highest BCUT2D eigenvalue weighted by Gasteiger charge is 2.28. The summed E-state index contributed by atoms with van der Waals surface area (Å²) in [4.78, 5) is 29.0. The minimum atomic E-state index is -0.298. The zero-order chi connectivity index (χ0) is 23.4. The molecule has 1 saturated heterocycles. The fraction of sp³-hybridized carbons (Fsp3) is 0.308. The minimum Gasteiger partial charge on any atom is -0.483 e. The summed E-state index contributed by atoms with van der Waals surface area (Å²) in [5, 5.41) is 3.49. The van der Waals surface area contributed by atoms with E-state index in [-0.39, 0.29) is 18.4 Å². The molecule has 6 nitrogen and oxygen atoms in total. The van der Waals surface area contributed by atoms with Crippen LogP contribution in [0.3, 0.4) is 0 Å². The predicted octanol–water partition coefficient (Wildman–Crippen LogP) is 4.83. The van der Waals surface area contributed by atoms with Gasteiger partial charge in [0, 0.05) is 18.0 Å². The summed E-state index contributed by atoms with van der Waals surface area (Å²) in [5.41, 5.74) is 4.46. The SMILES string of the molecule is Cc1ccc(C)c(OCC(=O)Nc2sc(-c3ccccc3)c(C)c2C(=O)N2CCOCC2)c1. The van der Waals surface area contributed by atoms with Gasteiger partial charge in [-0.25, -0.2) is 0 Å². The van der Waals surface area contributed by atoms with Crippen molar-refractivity contribution in [3.63, 3.8) is 0 Å². The molecule has 2 aromatic carbocycles. The quantitative estimate of drug-likeness (QED) is 0.567. The number of hydrogen-bond donors (Lipinski definition) is 1. The molecule has 0 aliphatic carbocycles. The number of thiophene rings is 1. The lowest BCUT2D eigenvalue weighted by Crippen LogP contribution is -2.41. The van der Waals surface area contributed by atoms with Crippen molar-refractivity contribution in [1.82, 2.24) is 4.90 Å². The number of amides is 2. The van der Waals surface area contributed by atoms with Gasteiger partial charge in [0.2, 0.25) is 0 Å². The first-order chi connectivity index (χ1) is 15.9. The number of anilines is 1. The predicted molar refractivity (Wildman–Crippen MR) is 131 cm³/mol. The molecular weight excluding hydrogens is 436 g/mol. The lowest BCUT2D eigenvalue weighted by molar-refractivity contribution is -0.118. The molecule has 3 aromatic rings. The average molecular weight is 465 g/mol. The minimum absolute atomic E-state index is 0.0834. The van der Waals surface area contributed by atoms with Crippen molar-refractivity contribution >= 4 is 28.2 Å². The topological polar surface area (TPSA) is 67.9 Å². The van der Waals surface area contributed by atoms with E-state index in [2.05, 4.69) is 5.32 Å². The molecule has 2 amide bonds. The number of morpholine rings is 1. The molecule has 0 unspecified atom stereocenters. The molecule has 33 heavy (non-hydrogen) atoms. The second kappa shape index (κ2) is 10.2. The van der Waals surface area contributed by atoms with Crippen LogP contribution in [-0.4, -0.2) is 49.6 Å². The Morgan fingerprint density at radius 3 is 2.52 bits per heavy atom. The Morgan fingerprint density at radius 2 is 1.79 bits per heavy atom. The molecule has 1 aromatic heterocycles. The van der Waals surface area contributed by atoms with Gasteiger partial charge in [0.25, 0.3) is 11.8 Å². The van der Waals surface area contributed by atoms with Gasteiger partial charge in [-0.05, 0) is 49.1 Å². The van der Waals surface area contributed by atoms with Crippen molar-refractivity contribution in [1.29, 1.82) is 0 Å². The maximum Gasteiger partial charge on any atom is 0.262 e. The first kappa shape index (κ1) is 23.0. The van der Waals surface area contributed by atoms with E-state index in [4.69, 9.17) is 9.47 Å². The third-order valence-corrected chi connectivity index (χ3v) is 6.91. The molecule has 2 heterocycles. The van der Waals surface area contributed by atoms with Gasteiger partial charge in [0.05, 0.1) is 18.8 Å². The molecule has 1 fully saturated rings. The van der Waals surface area contributed by atoms with E-state index < -0.39 is 0 Å². The molecule has 0 bridgehead atoms. The largest absolute Gasteiger partial charge is 0.483 e. The van der Waals surface area contributed by atoms with E-state index >= 15 is 0 Å². The maximum atomic E-state index is 13.4. The number of carbonyl (C=O) groups excluding carboxylic acids is 2. The summed E-state index contributed by atoms with van der Waals surface area (Å²) >= 11 is 1.42. The van der Waals surface area contributed by atoms with Crippen LogP contribution < -0.4 is 10.1 Å². The van der Waals surface area contributed by atoms with Crippen molar-refractivity contribution in [2.75, 3.05) is 38.2 Å². The van der Waals surface area contributed by atoms with Gasteiger partial charge in [-0.2, -0.15) is 0 Å². The maximum absolute atomic E-state index is 13.4. The van der Waals surface area contributed by atoms with Gasteiger partial charge in [0.1, 0.15) is 10.8 Å². The number of carbonyl (C=O) groups is 2. The molecule has 1 aliphatic rings. The normalized spacial score (nSPS) is 13.6. The second-order valence-electron chi connectivity index (χ2n) is 8.14. The fourth-order valence-corrected chi connectivity index (χ4v) is 5.04. The summed E-state index contributed by atoms with van der Waals surface area (Å²) in [5.74, 6) is 0.301. The Labute approximate surface area is 198 Å². The number of aryl methyl sites for hydroxylation is 2. The summed E-state index contributed by atoms with van der Waals surface area (Å²) in [7, 11) is 0. The fourth-order valence-electron chi connectivity index (χ4n) is 3.82. The number of benzene rings is 2. The van der Waals surface area contributed by atoms with Crippen LogP contribution in [0.1, 0.15) is 27.0 Å². The van der Waals surface area contributed by atoms with Crippen molar-refractivity contribution in [2.24, 2.45) is 0 Å². The van der Waals surface area contributed by atoms with Crippen molar-refractivity contribution in [3.05, 3.63) is 70.8 Å². The van der Waals surface area contributed by atoms with E-state index in [1.807, 2.05) is 69.3 Å². The molecule has 0 atom stereocenters. The molecule has 7 heteroatoms. The highest BCUT2D eigenvalue weighted by atomic mass is 32.1. The van der Waals surface area contributed by atoms with E-state index in [1.54, 1.807) is 4.90 Å². The first-order valence-electron chi connectivity index (χ1n) is 11.0. The van der Waals surface area contributed by atoms with Gasteiger partial charge < -0.3 is 19.7 Å². The molecule has 1 aliphatic heterocycles. The zero-order valence-electron chi connectivity index (χ0n) is 19.1. The van der Waals surface area contributed by atoms with Crippen LogP contribution in [0.2, 0.25) is 0 Å². The number of ether oxygens (including phenoxy) is 2. The lowest BCUT2D eigenvalue weighted by Gasteiger charge is -2.27. The van der Waals surface area contributed by atoms with Crippen LogP contribution in [0.5, 0.6) is 5.75 Å². The molecule has 0 saturated carbocycles. The van der Waals surface area contributed by atoms with E-state index in [0.29, 0.717) is 42.6 Å². The third-order valence-electron chi connectivity index (χ3n) is 5.65. The van der Waals surface area contributed by atoms with Crippen LogP contribution in [0.25, 0.3) is 10.4 Å². The smallest absolute Gasteiger partial charge is 0.262 e. The molecule has 172 valence electrons. The molecule has 1 N–H and O–H groups in total. The molecule has 0 radical (unpaired) electrons. The highest BCUT2D eigenvalue weighted by Crippen LogP contribution is 2.40. The number of nitrogens with zero attached hydrogens (tertiary/aromatic N) is 1. The molecular formula is C26H28N2O4S. The van der Waals surface area contributed by atoms with E-state index in [1.165, 1.54) is 11.3 Å². The van der Waals surface area contributed by atoms with Crippen molar-refractivity contribution < 1.29 is 19.1 Å². The highest BCUT2D eigenvalue weighted by molar-refractivity contribution is 7.20. The first-order valence-corrected chi connectivity index (χ1v) is 11.8. The zero-order valence-corrected chi connectivity index (χ0v) is 20.0. The Hall–Kier alpha value is -3.16. The summed E-state index contributed by atoms with van der Waals surface area (Å²) < 4.78 is 11.2. The Bertz CT molecular complexity index is 1150. The van der Waals surface area contributed by atoms with Crippen LogP contribution in [-0.2, 0) is 9.53 Å². The van der Waals surface area contributed by atoms with Gasteiger partial charge in [-0.1, -0.05) is 42.5 Å². The van der Waals surface area contributed by atoms with Crippen molar-refractivity contribution in [2.45, 2.75) is 20.8 Å². The number of nitrogens with one attached hydrogen (secondary N) is 1. The van der Waals surface area contributed by atoms with Crippen molar-refractivity contribution in [3.8, 4) is 16.2 Å². The average Bonchev–Trinajstić information content (AvgIpc) is 3.15. The van der Waals surface area contributed by atoms with Crippen LogP contribution >= 0.6 is 11.3 Å². The molecule has 0 spiro atoms. The van der Waals surface area contributed by atoms with E-state index in [0.717, 1.165) is 27.1 Å². The van der Waals surface area contributed by atoms with Crippen LogP contribution in [0, 0.1) is 20.8 Å². The third kappa shape index (κ3) is 5.26. The number of rotatable bonds is 6. The lowest BCUT2D eigenvalue weighted by atomic mass is 10.1. The van der Waals surface area contributed by atoms with E-state index in [9.17, 15) is 9.59 Å². The number of hydrogen-bond acceptors (Lipinski definition) is 5. The Kier molecular flexibility index (Phi) is 7.11. The summed E-state index contributed by atoms with van der Waals surface area (Å²) in [6.07, 6.45) is 0. The molecule has 4 rings (SSSR count). The van der Waals surface area contributed by atoms with Gasteiger partial charge in [-0.15, -0.1) is 11.3 Å². The Morgan fingerprint density at radius 1 is 1.06 bits per heavy atom. The van der Waals surface area contributed by atoms with Gasteiger partial charge in [-0.3, -0.25) is 9.59 Å². The standard InChI is InChI=1S/C26H28N2O4S/c1-17-9-10-18(2)21(15-17)32-16-22(29)27-25-23(26(30)28-11-13-31-14-12-28)19(3)24(33-25)20-7-5-4-6-8-20/h4-10,15H,11-14,16H2,1-3H3,(H,27,29). The summed E-state index contributed by atoms with van der Waals surface area (Å²) in [6.45, 7) is 7.85. The Balaban J connectivity index is 1.59. The summed E-state index contributed by atoms with van der Waals surface area (Å²) in [6, 6.07) is 15.8. The van der Waals surface area contributed by atoms with Crippen LogP contribution in [0.4, 0.5) is 5.00 Å².